The minimum Gasteiger partial charge on any atom is -0.497 e. The van der Waals surface area contributed by atoms with E-state index in [0.29, 0.717) is 37.2 Å². The zero-order chi connectivity index (χ0) is 27.4. The summed E-state index contributed by atoms with van der Waals surface area (Å²) in [6.07, 6.45) is 3.49. The van der Waals surface area contributed by atoms with Crippen molar-refractivity contribution < 1.29 is 22.7 Å². The van der Waals surface area contributed by atoms with Gasteiger partial charge in [-0.05, 0) is 50.3 Å². The molecular weight excluding hydrogens is 490 g/mol. The van der Waals surface area contributed by atoms with Gasteiger partial charge in [0.25, 0.3) is 0 Å². The molecule has 0 aromatic heterocycles. The highest BCUT2D eigenvalue weighted by Gasteiger charge is 2.29. The number of nitrogens with zero attached hydrogens (tertiary/aromatic N) is 2. The number of ether oxygens (including phenoxy) is 1. The van der Waals surface area contributed by atoms with E-state index in [4.69, 9.17) is 4.74 Å². The van der Waals surface area contributed by atoms with E-state index in [-0.39, 0.29) is 30.8 Å². The number of carbonyl (C=O) groups is 2. The lowest BCUT2D eigenvalue weighted by molar-refractivity contribution is -0.141. The zero-order valence-corrected chi connectivity index (χ0v) is 23.5. The van der Waals surface area contributed by atoms with Crippen molar-refractivity contribution in [2.45, 2.75) is 65.0 Å². The average molecular weight is 532 g/mol. The summed E-state index contributed by atoms with van der Waals surface area (Å²) in [5, 5.41) is 3.01. The molecule has 0 fully saturated rings. The Bertz CT molecular complexity index is 1110. The fraction of sp³-hybridized carbons (Fsp3) is 0.500. The minimum atomic E-state index is -3.57. The van der Waals surface area contributed by atoms with Crippen LogP contribution in [0.25, 0.3) is 0 Å². The average Bonchev–Trinajstić information content (AvgIpc) is 2.88. The predicted molar refractivity (Wildman–Crippen MR) is 148 cm³/mol. The summed E-state index contributed by atoms with van der Waals surface area (Å²) in [6.45, 7) is 6.39. The SMILES string of the molecule is CC[C@@H](C)NC(=O)[C@@H](CC)N(CCc1ccccc1)C(=O)CCCN(c1cccc(OC)c1)S(C)(=O)=O. The van der Waals surface area contributed by atoms with Crippen LogP contribution < -0.4 is 14.4 Å². The maximum absolute atomic E-state index is 13.5. The Balaban J connectivity index is 2.17. The second-order valence-electron chi connectivity index (χ2n) is 9.20. The topological polar surface area (TPSA) is 96.0 Å². The lowest BCUT2D eigenvalue weighted by Gasteiger charge is -2.32. The lowest BCUT2D eigenvalue weighted by atomic mass is 10.1. The highest BCUT2D eigenvalue weighted by Crippen LogP contribution is 2.24. The van der Waals surface area contributed by atoms with E-state index in [0.717, 1.165) is 18.2 Å². The molecular formula is C28H41N3O5S. The van der Waals surface area contributed by atoms with Gasteiger partial charge in [0, 0.05) is 31.6 Å². The molecule has 0 saturated heterocycles. The Hall–Kier alpha value is -3.07. The summed E-state index contributed by atoms with van der Waals surface area (Å²) in [7, 11) is -2.05. The number of carbonyl (C=O) groups excluding carboxylic acids is 2. The molecule has 0 spiro atoms. The van der Waals surface area contributed by atoms with E-state index in [1.807, 2.05) is 51.1 Å². The quantitative estimate of drug-likeness (QED) is 0.375. The number of benzene rings is 2. The molecule has 37 heavy (non-hydrogen) atoms. The minimum absolute atomic E-state index is 0.0128. The summed E-state index contributed by atoms with van der Waals surface area (Å²) < 4.78 is 31.5. The smallest absolute Gasteiger partial charge is 0.243 e. The number of nitrogens with one attached hydrogen (secondary N) is 1. The summed E-state index contributed by atoms with van der Waals surface area (Å²) in [4.78, 5) is 28.2. The molecule has 2 amide bonds. The van der Waals surface area contributed by atoms with Crippen molar-refractivity contribution in [1.82, 2.24) is 10.2 Å². The van der Waals surface area contributed by atoms with Crippen molar-refractivity contribution in [2.24, 2.45) is 0 Å². The van der Waals surface area contributed by atoms with Crippen molar-refractivity contribution >= 4 is 27.5 Å². The monoisotopic (exact) mass is 531 g/mol. The third-order valence-electron chi connectivity index (χ3n) is 6.36. The van der Waals surface area contributed by atoms with Gasteiger partial charge >= 0.3 is 0 Å². The van der Waals surface area contributed by atoms with Crippen LogP contribution in [0.1, 0.15) is 52.0 Å². The van der Waals surface area contributed by atoms with Gasteiger partial charge in [-0.3, -0.25) is 13.9 Å². The van der Waals surface area contributed by atoms with Gasteiger partial charge in [-0.15, -0.1) is 0 Å². The molecule has 2 aromatic rings. The fourth-order valence-corrected chi connectivity index (χ4v) is 5.06. The maximum atomic E-state index is 13.5. The van der Waals surface area contributed by atoms with Crippen molar-refractivity contribution in [3.63, 3.8) is 0 Å². The van der Waals surface area contributed by atoms with Gasteiger partial charge in [-0.2, -0.15) is 0 Å². The van der Waals surface area contributed by atoms with E-state index in [1.54, 1.807) is 29.2 Å². The number of anilines is 1. The van der Waals surface area contributed by atoms with Crippen molar-refractivity contribution in [1.29, 1.82) is 0 Å². The summed E-state index contributed by atoms with van der Waals surface area (Å²) >= 11 is 0. The summed E-state index contributed by atoms with van der Waals surface area (Å²) in [6, 6.07) is 16.1. The molecule has 2 aromatic carbocycles. The van der Waals surface area contributed by atoms with Gasteiger partial charge in [0.2, 0.25) is 21.8 Å². The second-order valence-corrected chi connectivity index (χ2v) is 11.1. The van der Waals surface area contributed by atoms with Crippen LogP contribution in [0, 0.1) is 0 Å². The van der Waals surface area contributed by atoms with Crippen LogP contribution in [0.4, 0.5) is 5.69 Å². The number of sulfonamides is 1. The van der Waals surface area contributed by atoms with Gasteiger partial charge in [-0.25, -0.2) is 8.42 Å². The highest BCUT2D eigenvalue weighted by atomic mass is 32.2. The molecule has 0 aliphatic carbocycles. The Morgan fingerprint density at radius 3 is 2.30 bits per heavy atom. The number of amides is 2. The molecule has 2 atom stereocenters. The van der Waals surface area contributed by atoms with Crippen LogP contribution in [0.3, 0.4) is 0 Å². The maximum Gasteiger partial charge on any atom is 0.243 e. The van der Waals surface area contributed by atoms with Gasteiger partial charge in [0.1, 0.15) is 11.8 Å². The molecule has 0 aliphatic rings. The van der Waals surface area contributed by atoms with E-state index in [1.165, 1.54) is 11.4 Å². The lowest BCUT2D eigenvalue weighted by Crippen LogP contribution is -2.51. The van der Waals surface area contributed by atoms with Crippen LogP contribution in [-0.4, -0.2) is 63.7 Å². The van der Waals surface area contributed by atoms with Crippen molar-refractivity contribution in [2.75, 3.05) is 30.8 Å². The number of rotatable bonds is 15. The normalized spacial score (nSPS) is 12.9. The Kier molecular flexibility index (Phi) is 11.9. The van der Waals surface area contributed by atoms with Crippen LogP contribution in [-0.2, 0) is 26.0 Å². The van der Waals surface area contributed by atoms with E-state index in [2.05, 4.69) is 5.32 Å². The standard InChI is InChI=1S/C28H41N3O5S/c1-6-22(3)29-28(33)26(7-2)30(20-18-23-13-9-8-10-14-23)27(32)17-12-19-31(37(5,34)35)24-15-11-16-25(21-24)36-4/h8-11,13-16,21-22,26H,6-7,12,17-20H2,1-5H3,(H,29,33)/t22-,26-/m1/s1. The fourth-order valence-electron chi connectivity index (χ4n) is 4.11. The molecule has 0 radical (unpaired) electrons. The van der Waals surface area contributed by atoms with Gasteiger partial charge in [0.15, 0.2) is 0 Å². The van der Waals surface area contributed by atoms with Crippen LogP contribution in [0.15, 0.2) is 54.6 Å². The molecule has 0 bridgehead atoms. The van der Waals surface area contributed by atoms with E-state index >= 15 is 0 Å². The molecule has 1 N–H and O–H groups in total. The van der Waals surface area contributed by atoms with E-state index < -0.39 is 16.1 Å². The first kappa shape index (κ1) is 30.2. The molecule has 0 unspecified atom stereocenters. The summed E-state index contributed by atoms with van der Waals surface area (Å²) in [5.41, 5.74) is 1.56. The highest BCUT2D eigenvalue weighted by molar-refractivity contribution is 7.92. The van der Waals surface area contributed by atoms with Gasteiger partial charge < -0.3 is 15.0 Å². The molecule has 204 valence electrons. The molecule has 0 aliphatic heterocycles. The second kappa shape index (κ2) is 14.6. The Labute approximate surface area is 222 Å². The summed E-state index contributed by atoms with van der Waals surface area (Å²) in [5.74, 6) is 0.223. The Morgan fingerprint density at radius 2 is 1.70 bits per heavy atom. The Morgan fingerprint density at radius 1 is 1.00 bits per heavy atom. The first-order valence-corrected chi connectivity index (χ1v) is 14.7. The number of methoxy groups -OCH3 is 1. The molecule has 2 rings (SSSR count). The molecule has 0 heterocycles. The molecule has 8 nitrogen and oxygen atoms in total. The van der Waals surface area contributed by atoms with Crippen LogP contribution in [0.5, 0.6) is 5.75 Å². The number of hydrogen-bond donors (Lipinski definition) is 1. The van der Waals surface area contributed by atoms with Gasteiger partial charge in [0.05, 0.1) is 19.1 Å². The first-order chi connectivity index (χ1) is 17.6. The predicted octanol–water partition coefficient (Wildman–Crippen LogP) is 4.01. The number of hydrogen-bond acceptors (Lipinski definition) is 5. The van der Waals surface area contributed by atoms with Crippen molar-refractivity contribution in [3.8, 4) is 5.75 Å². The molecule has 9 heteroatoms. The van der Waals surface area contributed by atoms with Gasteiger partial charge in [-0.1, -0.05) is 50.2 Å². The molecule has 0 saturated carbocycles. The third-order valence-corrected chi connectivity index (χ3v) is 7.56. The first-order valence-electron chi connectivity index (χ1n) is 12.9. The van der Waals surface area contributed by atoms with Crippen LogP contribution >= 0.6 is 0 Å². The van der Waals surface area contributed by atoms with Crippen LogP contribution in [0.2, 0.25) is 0 Å². The zero-order valence-electron chi connectivity index (χ0n) is 22.6. The largest absolute Gasteiger partial charge is 0.497 e. The van der Waals surface area contributed by atoms with Crippen molar-refractivity contribution in [3.05, 3.63) is 60.2 Å². The van der Waals surface area contributed by atoms with E-state index in [9.17, 15) is 18.0 Å². The third kappa shape index (κ3) is 9.39.